The van der Waals surface area contributed by atoms with Crippen LogP contribution in [0.2, 0.25) is 5.02 Å². The first-order chi connectivity index (χ1) is 18.2. The van der Waals surface area contributed by atoms with Crippen LogP contribution < -0.4 is 20.4 Å². The molecule has 1 aliphatic rings. The summed E-state index contributed by atoms with van der Waals surface area (Å²) in [4.78, 5) is 29.1. The predicted molar refractivity (Wildman–Crippen MR) is 150 cm³/mol. The van der Waals surface area contributed by atoms with Crippen molar-refractivity contribution in [2.45, 2.75) is 26.8 Å². The standard InChI is InChI=1S/C27H33ClN4O5S/c1-5-38(35)30-23-8-6-7-18(17(23)2)13-20-21(16-32-11-9-29-10-12-32)19-14-22(28)25(37-27(34)31(3)4)15-24(19)36-26(20)33/h6-8,14-15,29-30H,5,9-13,16H2,1-4H3/p+1. The Labute approximate surface area is 229 Å². The molecule has 11 heteroatoms. The molecule has 2 heterocycles. The number of fused-ring (bicyclic) bond motifs is 1. The van der Waals surface area contributed by atoms with Crippen molar-refractivity contribution < 1.29 is 22.9 Å². The summed E-state index contributed by atoms with van der Waals surface area (Å²) in [6.45, 7) is 7.84. The molecule has 1 fully saturated rings. The van der Waals surface area contributed by atoms with Gasteiger partial charge in [-0.1, -0.05) is 23.7 Å². The van der Waals surface area contributed by atoms with Gasteiger partial charge in [-0.3, -0.25) is 4.90 Å². The molecule has 3 aromatic rings. The van der Waals surface area contributed by atoms with Crippen molar-refractivity contribution in [1.82, 2.24) is 15.1 Å². The molecule has 1 amide bonds. The van der Waals surface area contributed by atoms with Gasteiger partial charge in [0.1, 0.15) is 11.3 Å². The molecule has 204 valence electrons. The summed E-state index contributed by atoms with van der Waals surface area (Å²) in [5.41, 5.74) is 4.10. The molecule has 1 unspecified atom stereocenters. The van der Waals surface area contributed by atoms with E-state index in [-0.39, 0.29) is 10.8 Å². The summed E-state index contributed by atoms with van der Waals surface area (Å²) in [5, 5.41) is 4.32. The number of halogens is 1. The third-order valence-electron chi connectivity index (χ3n) is 6.72. The average molecular weight is 562 g/mol. The molecule has 0 radical (unpaired) electrons. The molecule has 9 nitrogen and oxygen atoms in total. The highest BCUT2D eigenvalue weighted by molar-refractivity contribution is 7.78. The number of nitrogens with two attached hydrogens (primary N) is 1. The van der Waals surface area contributed by atoms with Crippen LogP contribution in [-0.2, 0) is 24.0 Å². The van der Waals surface area contributed by atoms with E-state index in [9.17, 15) is 13.8 Å². The Balaban J connectivity index is 1.81. The van der Waals surface area contributed by atoms with Crippen LogP contribution >= 0.6 is 11.6 Å². The Kier molecular flexibility index (Phi) is 9.22. The number of ether oxygens (including phenoxy) is 1. The second-order valence-electron chi connectivity index (χ2n) is 9.51. The Bertz CT molecular complexity index is 1420. The van der Waals surface area contributed by atoms with E-state index >= 15 is 0 Å². The van der Waals surface area contributed by atoms with E-state index in [2.05, 4.69) is 10.2 Å². The number of carbonyl (C=O) groups excluding carboxylic acids is 1. The van der Waals surface area contributed by atoms with E-state index in [1.807, 2.05) is 32.0 Å². The monoisotopic (exact) mass is 561 g/mol. The number of benzene rings is 2. The fraction of sp³-hybridized carbons (Fsp3) is 0.407. The fourth-order valence-corrected chi connectivity index (χ4v) is 5.36. The first kappa shape index (κ1) is 28.3. The summed E-state index contributed by atoms with van der Waals surface area (Å²) in [6, 6.07) is 9.05. The largest absolute Gasteiger partial charge is 0.422 e. The van der Waals surface area contributed by atoms with Crippen LogP contribution in [-0.4, -0.2) is 66.1 Å². The summed E-state index contributed by atoms with van der Waals surface area (Å²) < 4.78 is 25.1. The van der Waals surface area contributed by atoms with Crippen molar-refractivity contribution in [3.05, 3.63) is 68.0 Å². The molecule has 4 rings (SSSR count). The summed E-state index contributed by atoms with van der Waals surface area (Å²) >= 11 is 6.56. The van der Waals surface area contributed by atoms with Gasteiger partial charge >= 0.3 is 11.7 Å². The van der Waals surface area contributed by atoms with Gasteiger partial charge in [0.15, 0.2) is 5.75 Å². The normalized spacial score (nSPS) is 15.0. The molecule has 1 atom stereocenters. The van der Waals surface area contributed by atoms with Gasteiger partial charge in [0.25, 0.3) is 0 Å². The van der Waals surface area contributed by atoms with Crippen molar-refractivity contribution in [2.24, 2.45) is 0 Å². The minimum absolute atomic E-state index is 0.130. The van der Waals surface area contributed by atoms with E-state index in [0.29, 0.717) is 35.3 Å². The van der Waals surface area contributed by atoms with Gasteiger partial charge in [0.05, 0.1) is 10.8 Å². The molecular formula is C27H34ClN4O5S+. The van der Waals surface area contributed by atoms with Crippen LogP contribution in [0.5, 0.6) is 5.75 Å². The van der Waals surface area contributed by atoms with Crippen LogP contribution in [0.3, 0.4) is 0 Å². The SMILES string of the molecule is CCS(=O)[NH2+]c1cccc(Cc2c(CN3CCNCC3)c3cc(Cl)c(OC(=O)N(C)C)cc3oc2=O)c1C. The average Bonchev–Trinajstić information content (AvgIpc) is 2.89. The van der Waals surface area contributed by atoms with Crippen molar-refractivity contribution >= 4 is 45.3 Å². The van der Waals surface area contributed by atoms with Gasteiger partial charge < -0.3 is 19.4 Å². The molecular weight excluding hydrogens is 528 g/mol. The maximum Gasteiger partial charge on any atom is 0.414 e. The Hall–Kier alpha value is -2.76. The number of piperazine rings is 1. The van der Waals surface area contributed by atoms with Gasteiger partial charge in [-0.15, -0.1) is 0 Å². The highest BCUT2D eigenvalue weighted by atomic mass is 35.5. The van der Waals surface area contributed by atoms with E-state index in [1.54, 1.807) is 24.9 Å². The van der Waals surface area contributed by atoms with E-state index < -0.39 is 22.7 Å². The van der Waals surface area contributed by atoms with Crippen LogP contribution in [0.4, 0.5) is 10.5 Å². The Morgan fingerprint density at radius 3 is 2.66 bits per heavy atom. The molecule has 0 aliphatic carbocycles. The summed E-state index contributed by atoms with van der Waals surface area (Å²) in [5.74, 6) is 0.671. The zero-order valence-corrected chi connectivity index (χ0v) is 23.7. The number of nitrogens with zero attached hydrogens (tertiary/aromatic N) is 2. The lowest BCUT2D eigenvalue weighted by molar-refractivity contribution is -0.389. The molecule has 3 N–H and O–H groups in total. The van der Waals surface area contributed by atoms with Crippen LogP contribution in [0.1, 0.15) is 29.2 Å². The van der Waals surface area contributed by atoms with Crippen molar-refractivity contribution in [2.75, 3.05) is 46.0 Å². The summed E-state index contributed by atoms with van der Waals surface area (Å²) in [7, 11) is 2.09. The number of quaternary nitrogens is 1. The van der Waals surface area contributed by atoms with Gasteiger partial charge in [-0.25, -0.2) is 14.3 Å². The van der Waals surface area contributed by atoms with Gasteiger partial charge in [-0.05, 0) is 31.0 Å². The van der Waals surface area contributed by atoms with Gasteiger partial charge in [0.2, 0.25) is 11.0 Å². The minimum atomic E-state index is -1.06. The minimum Gasteiger partial charge on any atom is -0.422 e. The van der Waals surface area contributed by atoms with Crippen LogP contribution in [0, 0.1) is 6.92 Å². The predicted octanol–water partition coefficient (Wildman–Crippen LogP) is 2.69. The molecule has 1 aliphatic heterocycles. The molecule has 38 heavy (non-hydrogen) atoms. The van der Waals surface area contributed by atoms with Gasteiger partial charge in [-0.2, -0.15) is 4.21 Å². The molecule has 0 bridgehead atoms. The second kappa shape index (κ2) is 12.4. The van der Waals surface area contributed by atoms with Crippen molar-refractivity contribution in [1.29, 1.82) is 0 Å². The number of amides is 1. The lowest BCUT2D eigenvalue weighted by Gasteiger charge is -2.28. The molecule has 0 saturated carbocycles. The molecule has 1 saturated heterocycles. The number of carbonyl (C=O) groups is 1. The second-order valence-corrected chi connectivity index (χ2v) is 11.5. The smallest absolute Gasteiger partial charge is 0.414 e. The third kappa shape index (κ3) is 6.44. The van der Waals surface area contributed by atoms with Gasteiger partial charge in [0, 0.05) is 81.9 Å². The van der Waals surface area contributed by atoms with Crippen LogP contribution in [0.25, 0.3) is 11.0 Å². The Morgan fingerprint density at radius 2 is 1.97 bits per heavy atom. The molecule has 0 spiro atoms. The quantitative estimate of drug-likeness (QED) is 0.321. The molecule has 2 aromatic carbocycles. The fourth-order valence-electron chi connectivity index (χ4n) is 4.46. The number of nitrogens with one attached hydrogen (secondary N) is 1. The lowest BCUT2D eigenvalue weighted by Crippen LogP contribution is -2.79. The van der Waals surface area contributed by atoms with E-state index in [1.165, 1.54) is 11.0 Å². The van der Waals surface area contributed by atoms with Crippen molar-refractivity contribution in [3.63, 3.8) is 0 Å². The highest BCUT2D eigenvalue weighted by Crippen LogP contribution is 2.34. The lowest BCUT2D eigenvalue weighted by atomic mass is 9.95. The number of hydrogen-bond acceptors (Lipinski definition) is 7. The molecule has 1 aromatic heterocycles. The highest BCUT2D eigenvalue weighted by Gasteiger charge is 2.23. The number of rotatable bonds is 8. The first-order valence-electron chi connectivity index (χ1n) is 12.6. The summed E-state index contributed by atoms with van der Waals surface area (Å²) in [6.07, 6.45) is -0.219. The third-order valence-corrected chi connectivity index (χ3v) is 8.11. The topological polar surface area (TPSA) is 109 Å². The van der Waals surface area contributed by atoms with Crippen molar-refractivity contribution in [3.8, 4) is 5.75 Å². The first-order valence-corrected chi connectivity index (χ1v) is 14.3. The van der Waals surface area contributed by atoms with E-state index in [0.717, 1.165) is 48.6 Å². The van der Waals surface area contributed by atoms with Crippen LogP contribution in [0.15, 0.2) is 39.5 Å². The maximum absolute atomic E-state index is 13.4. The zero-order valence-electron chi connectivity index (χ0n) is 22.1. The number of hydrogen-bond donors (Lipinski definition) is 2. The van der Waals surface area contributed by atoms with E-state index in [4.69, 9.17) is 20.8 Å². The Morgan fingerprint density at radius 1 is 1.24 bits per heavy atom. The zero-order chi connectivity index (χ0) is 27.4. The maximum atomic E-state index is 13.4.